The summed E-state index contributed by atoms with van der Waals surface area (Å²) in [5.74, 6) is 1.64. The van der Waals surface area contributed by atoms with Gasteiger partial charge in [0.1, 0.15) is 0 Å². The highest BCUT2D eigenvalue weighted by Gasteiger charge is 2.21. The van der Waals surface area contributed by atoms with Gasteiger partial charge in [-0.05, 0) is 30.9 Å². The van der Waals surface area contributed by atoms with E-state index in [1.807, 2.05) is 18.2 Å². The SMILES string of the molecule is O=C(NCCSc1ccccc1)NCC1CC1. The fraction of sp³-hybridized carbons (Fsp3) is 0.462. The van der Waals surface area contributed by atoms with E-state index in [2.05, 4.69) is 22.8 Å². The van der Waals surface area contributed by atoms with Crippen molar-refractivity contribution in [3.63, 3.8) is 0 Å². The second-order valence-corrected chi connectivity index (χ2v) is 5.41. The molecule has 1 aromatic rings. The Hall–Kier alpha value is -1.16. The molecule has 0 radical (unpaired) electrons. The predicted octanol–water partition coefficient (Wildman–Crippen LogP) is 2.49. The molecule has 2 amide bonds. The van der Waals surface area contributed by atoms with Crippen LogP contribution in [0, 0.1) is 5.92 Å². The van der Waals surface area contributed by atoms with Crippen molar-refractivity contribution in [3.8, 4) is 0 Å². The number of rotatable bonds is 6. The number of benzene rings is 1. The van der Waals surface area contributed by atoms with E-state index in [1.54, 1.807) is 11.8 Å². The van der Waals surface area contributed by atoms with Gasteiger partial charge in [-0.15, -0.1) is 11.8 Å². The first-order valence-corrected chi connectivity index (χ1v) is 7.03. The lowest BCUT2D eigenvalue weighted by Crippen LogP contribution is -2.37. The highest BCUT2D eigenvalue weighted by molar-refractivity contribution is 7.99. The molecule has 0 spiro atoms. The number of carbonyl (C=O) groups is 1. The molecule has 2 rings (SSSR count). The third-order valence-corrected chi connectivity index (χ3v) is 3.66. The molecule has 0 saturated heterocycles. The number of amides is 2. The first-order valence-electron chi connectivity index (χ1n) is 6.04. The highest BCUT2D eigenvalue weighted by atomic mass is 32.2. The molecule has 0 atom stereocenters. The molecule has 0 aromatic heterocycles. The Labute approximate surface area is 106 Å². The van der Waals surface area contributed by atoms with Crippen molar-refractivity contribution in [2.45, 2.75) is 17.7 Å². The molecule has 0 unspecified atom stereocenters. The average Bonchev–Trinajstić information content (AvgIpc) is 3.17. The van der Waals surface area contributed by atoms with Gasteiger partial charge < -0.3 is 10.6 Å². The molecule has 1 aliphatic rings. The Balaban J connectivity index is 1.51. The Kier molecular flexibility index (Phi) is 4.74. The van der Waals surface area contributed by atoms with E-state index in [1.165, 1.54) is 17.7 Å². The van der Waals surface area contributed by atoms with E-state index in [0.717, 1.165) is 18.2 Å². The van der Waals surface area contributed by atoms with E-state index in [4.69, 9.17) is 0 Å². The lowest BCUT2D eigenvalue weighted by molar-refractivity contribution is 0.241. The number of thioether (sulfide) groups is 1. The summed E-state index contributed by atoms with van der Waals surface area (Å²) < 4.78 is 0. The van der Waals surface area contributed by atoms with Crippen LogP contribution in [0.25, 0.3) is 0 Å². The summed E-state index contributed by atoms with van der Waals surface area (Å²) >= 11 is 1.76. The van der Waals surface area contributed by atoms with Crippen molar-refractivity contribution in [1.82, 2.24) is 10.6 Å². The monoisotopic (exact) mass is 250 g/mol. The van der Waals surface area contributed by atoms with Crippen LogP contribution >= 0.6 is 11.8 Å². The Bertz CT molecular complexity index is 352. The number of hydrogen-bond donors (Lipinski definition) is 2. The van der Waals surface area contributed by atoms with Crippen LogP contribution in [0.5, 0.6) is 0 Å². The van der Waals surface area contributed by atoms with E-state index in [0.29, 0.717) is 6.54 Å². The maximum atomic E-state index is 11.4. The van der Waals surface area contributed by atoms with E-state index in [9.17, 15) is 4.79 Å². The Morgan fingerprint density at radius 3 is 2.71 bits per heavy atom. The van der Waals surface area contributed by atoms with Gasteiger partial charge in [-0.2, -0.15) is 0 Å². The summed E-state index contributed by atoms with van der Waals surface area (Å²) in [6, 6.07) is 10.2. The summed E-state index contributed by atoms with van der Waals surface area (Å²) in [6.07, 6.45) is 2.54. The molecule has 4 heteroatoms. The van der Waals surface area contributed by atoms with Crippen molar-refractivity contribution < 1.29 is 4.79 Å². The lowest BCUT2D eigenvalue weighted by atomic mass is 10.4. The maximum absolute atomic E-state index is 11.4. The minimum atomic E-state index is -0.0365. The van der Waals surface area contributed by atoms with Gasteiger partial charge >= 0.3 is 6.03 Å². The minimum Gasteiger partial charge on any atom is -0.338 e. The van der Waals surface area contributed by atoms with Gasteiger partial charge in [-0.1, -0.05) is 18.2 Å². The summed E-state index contributed by atoms with van der Waals surface area (Å²) in [6.45, 7) is 1.54. The third kappa shape index (κ3) is 5.13. The van der Waals surface area contributed by atoms with Gasteiger partial charge in [0, 0.05) is 23.7 Å². The molecular formula is C13H18N2OS. The zero-order valence-electron chi connectivity index (χ0n) is 9.82. The first-order chi connectivity index (χ1) is 8.34. The smallest absolute Gasteiger partial charge is 0.314 e. The van der Waals surface area contributed by atoms with Crippen LogP contribution in [0.2, 0.25) is 0 Å². The van der Waals surface area contributed by atoms with Crippen LogP contribution in [0.1, 0.15) is 12.8 Å². The predicted molar refractivity (Wildman–Crippen MR) is 71.3 cm³/mol. The van der Waals surface area contributed by atoms with Crippen molar-refractivity contribution in [1.29, 1.82) is 0 Å². The van der Waals surface area contributed by atoms with Gasteiger partial charge in [0.05, 0.1) is 0 Å². The van der Waals surface area contributed by atoms with Gasteiger partial charge in [0.15, 0.2) is 0 Å². The van der Waals surface area contributed by atoms with E-state index in [-0.39, 0.29) is 6.03 Å². The number of hydrogen-bond acceptors (Lipinski definition) is 2. The highest BCUT2D eigenvalue weighted by Crippen LogP contribution is 2.27. The molecule has 0 heterocycles. The fourth-order valence-electron chi connectivity index (χ4n) is 1.47. The van der Waals surface area contributed by atoms with Crippen LogP contribution in [-0.4, -0.2) is 24.9 Å². The van der Waals surface area contributed by atoms with Crippen molar-refractivity contribution in [2.24, 2.45) is 5.92 Å². The van der Waals surface area contributed by atoms with Crippen LogP contribution in [0.3, 0.4) is 0 Å². The summed E-state index contributed by atoms with van der Waals surface area (Å²) in [5, 5.41) is 5.75. The number of urea groups is 1. The molecule has 0 aliphatic heterocycles. The third-order valence-electron chi connectivity index (χ3n) is 2.65. The quantitative estimate of drug-likeness (QED) is 0.601. The number of nitrogens with one attached hydrogen (secondary N) is 2. The molecule has 0 bridgehead atoms. The van der Waals surface area contributed by atoms with E-state index >= 15 is 0 Å². The zero-order valence-corrected chi connectivity index (χ0v) is 10.6. The van der Waals surface area contributed by atoms with Crippen molar-refractivity contribution in [3.05, 3.63) is 30.3 Å². The molecule has 17 heavy (non-hydrogen) atoms. The average molecular weight is 250 g/mol. The molecule has 1 aromatic carbocycles. The summed E-state index contributed by atoms with van der Waals surface area (Å²) in [5.41, 5.74) is 0. The molecule has 92 valence electrons. The van der Waals surface area contributed by atoms with Crippen LogP contribution in [0.4, 0.5) is 4.79 Å². The zero-order chi connectivity index (χ0) is 11.9. The Morgan fingerprint density at radius 1 is 1.24 bits per heavy atom. The summed E-state index contributed by atoms with van der Waals surface area (Å²) in [7, 11) is 0. The van der Waals surface area contributed by atoms with Crippen LogP contribution < -0.4 is 10.6 Å². The van der Waals surface area contributed by atoms with Gasteiger partial charge in [-0.25, -0.2) is 4.79 Å². The van der Waals surface area contributed by atoms with Gasteiger partial charge in [0.25, 0.3) is 0 Å². The van der Waals surface area contributed by atoms with E-state index < -0.39 is 0 Å². The first kappa shape index (κ1) is 12.3. The largest absolute Gasteiger partial charge is 0.338 e. The number of carbonyl (C=O) groups excluding carboxylic acids is 1. The molecule has 1 saturated carbocycles. The second kappa shape index (κ2) is 6.55. The minimum absolute atomic E-state index is 0.0365. The van der Waals surface area contributed by atoms with Crippen LogP contribution in [0.15, 0.2) is 35.2 Å². The van der Waals surface area contributed by atoms with Crippen LogP contribution in [-0.2, 0) is 0 Å². The Morgan fingerprint density at radius 2 is 2.00 bits per heavy atom. The van der Waals surface area contributed by atoms with Gasteiger partial charge in [0.2, 0.25) is 0 Å². The molecule has 2 N–H and O–H groups in total. The maximum Gasteiger partial charge on any atom is 0.314 e. The van der Waals surface area contributed by atoms with Crippen molar-refractivity contribution >= 4 is 17.8 Å². The lowest BCUT2D eigenvalue weighted by Gasteiger charge is -2.06. The fourth-order valence-corrected chi connectivity index (χ4v) is 2.26. The normalized spacial score (nSPS) is 14.4. The standard InChI is InChI=1S/C13H18N2OS/c16-13(15-10-11-6-7-11)14-8-9-17-12-4-2-1-3-5-12/h1-5,11H,6-10H2,(H2,14,15,16). The molecule has 3 nitrogen and oxygen atoms in total. The topological polar surface area (TPSA) is 41.1 Å². The summed E-state index contributed by atoms with van der Waals surface area (Å²) in [4.78, 5) is 12.6. The molecule has 1 fully saturated rings. The van der Waals surface area contributed by atoms with Crippen molar-refractivity contribution in [2.75, 3.05) is 18.8 Å². The second-order valence-electron chi connectivity index (χ2n) is 4.24. The van der Waals surface area contributed by atoms with Gasteiger partial charge in [-0.3, -0.25) is 0 Å². The molecular weight excluding hydrogens is 232 g/mol. The molecule has 1 aliphatic carbocycles.